The van der Waals surface area contributed by atoms with E-state index in [0.717, 1.165) is 18.0 Å². The molecular weight excluding hydrogens is 202 g/mol. The van der Waals surface area contributed by atoms with E-state index in [9.17, 15) is 0 Å². The molecule has 3 rings (SSSR count). The predicted molar refractivity (Wildman–Crippen MR) is 61.7 cm³/mol. The maximum absolute atomic E-state index is 5.88. The van der Waals surface area contributed by atoms with Gasteiger partial charge >= 0.3 is 0 Å². The maximum Gasteiger partial charge on any atom is 0.181 e. The number of aryl methyl sites for hydroxylation is 1. The summed E-state index contributed by atoms with van der Waals surface area (Å²) in [7, 11) is 0. The molecule has 1 aromatic heterocycles. The molecule has 0 saturated heterocycles. The van der Waals surface area contributed by atoms with Crippen LogP contribution in [0.25, 0.3) is 0 Å². The third-order valence-electron chi connectivity index (χ3n) is 2.91. The van der Waals surface area contributed by atoms with Crippen LogP contribution in [0.3, 0.4) is 0 Å². The molecule has 0 spiro atoms. The normalized spacial score (nSPS) is 18.4. The fourth-order valence-electron chi connectivity index (χ4n) is 2.02. The van der Waals surface area contributed by atoms with Gasteiger partial charge < -0.3 is 14.5 Å². The summed E-state index contributed by atoms with van der Waals surface area (Å²) in [4.78, 5) is 0. The molecule has 2 aromatic rings. The van der Waals surface area contributed by atoms with Crippen LogP contribution < -0.4 is 10.1 Å². The Balaban J connectivity index is 1.92. The minimum Gasteiger partial charge on any atom is -0.478 e. The lowest BCUT2D eigenvalue weighted by molar-refractivity contribution is 0.208. The minimum absolute atomic E-state index is 0.0614. The van der Waals surface area contributed by atoms with Crippen molar-refractivity contribution in [2.45, 2.75) is 13.0 Å². The fraction of sp³-hybridized carbons (Fsp3) is 0.231. The number of ether oxygens (including phenoxy) is 1. The van der Waals surface area contributed by atoms with Crippen LogP contribution in [0.5, 0.6) is 5.75 Å². The van der Waals surface area contributed by atoms with Gasteiger partial charge in [-0.1, -0.05) is 24.3 Å². The molecule has 3 nitrogen and oxygen atoms in total. The van der Waals surface area contributed by atoms with Crippen molar-refractivity contribution >= 4 is 5.69 Å². The lowest BCUT2D eigenvalue weighted by Gasteiger charge is -2.25. The second kappa shape index (κ2) is 3.59. The van der Waals surface area contributed by atoms with Crippen molar-refractivity contribution in [2.75, 3.05) is 11.9 Å². The number of benzene rings is 1. The quantitative estimate of drug-likeness (QED) is 0.793. The average molecular weight is 215 g/mol. The van der Waals surface area contributed by atoms with Gasteiger partial charge in [0.1, 0.15) is 24.3 Å². The zero-order chi connectivity index (χ0) is 11.0. The molecule has 1 N–H and O–H groups in total. The van der Waals surface area contributed by atoms with E-state index >= 15 is 0 Å². The molecule has 2 heterocycles. The highest BCUT2D eigenvalue weighted by atomic mass is 16.5. The smallest absolute Gasteiger partial charge is 0.181 e. The number of nitrogens with one attached hydrogen (secondary N) is 1. The topological polar surface area (TPSA) is 34.4 Å². The highest BCUT2D eigenvalue weighted by molar-refractivity contribution is 5.55. The third kappa shape index (κ3) is 1.45. The molecule has 0 aliphatic carbocycles. The summed E-state index contributed by atoms with van der Waals surface area (Å²) in [5, 5.41) is 3.30. The highest BCUT2D eigenvalue weighted by Gasteiger charge is 2.23. The van der Waals surface area contributed by atoms with Gasteiger partial charge in [0, 0.05) is 0 Å². The molecule has 1 unspecified atom stereocenters. The molecular formula is C13H13NO2. The number of hydrogen-bond donors (Lipinski definition) is 1. The number of hydrogen-bond acceptors (Lipinski definition) is 3. The van der Waals surface area contributed by atoms with E-state index in [4.69, 9.17) is 9.15 Å². The van der Waals surface area contributed by atoms with Crippen LogP contribution in [0, 0.1) is 6.92 Å². The van der Waals surface area contributed by atoms with Gasteiger partial charge in [0.2, 0.25) is 0 Å². The first-order valence-corrected chi connectivity index (χ1v) is 5.37. The summed E-state index contributed by atoms with van der Waals surface area (Å²) in [6.45, 7) is 2.88. The number of fused-ring (bicyclic) bond motifs is 1. The standard InChI is InChI=1S/C13H13NO2/c1-9-4-2-3-5-10(9)12-6-14-11-7-15-8-13(11)16-12/h2-5,7-8,12,14H,6H2,1H3. The first-order chi connectivity index (χ1) is 7.84. The molecule has 1 aliphatic heterocycles. The van der Waals surface area contributed by atoms with E-state index in [1.54, 1.807) is 12.5 Å². The van der Waals surface area contributed by atoms with E-state index < -0.39 is 0 Å². The van der Waals surface area contributed by atoms with Gasteiger partial charge in [-0.3, -0.25) is 0 Å². The molecule has 1 aliphatic rings. The summed E-state index contributed by atoms with van der Waals surface area (Å²) in [5.41, 5.74) is 3.41. The van der Waals surface area contributed by atoms with Gasteiger partial charge in [-0.05, 0) is 18.1 Å². The number of rotatable bonds is 1. The maximum atomic E-state index is 5.88. The Hall–Kier alpha value is -1.90. The summed E-state index contributed by atoms with van der Waals surface area (Å²) < 4.78 is 11.0. The van der Waals surface area contributed by atoms with Crippen molar-refractivity contribution < 1.29 is 9.15 Å². The summed E-state index contributed by atoms with van der Waals surface area (Å²) in [6.07, 6.45) is 3.36. The fourth-order valence-corrected chi connectivity index (χ4v) is 2.02. The Kier molecular flexibility index (Phi) is 2.10. The molecule has 1 atom stereocenters. The Labute approximate surface area is 94.0 Å². The van der Waals surface area contributed by atoms with E-state index in [1.165, 1.54) is 11.1 Å². The molecule has 3 heteroatoms. The third-order valence-corrected chi connectivity index (χ3v) is 2.91. The van der Waals surface area contributed by atoms with Crippen LogP contribution in [-0.2, 0) is 0 Å². The van der Waals surface area contributed by atoms with Crippen LogP contribution in [-0.4, -0.2) is 6.54 Å². The van der Waals surface area contributed by atoms with E-state index in [0.29, 0.717) is 0 Å². The summed E-state index contributed by atoms with van der Waals surface area (Å²) in [5.74, 6) is 0.791. The summed E-state index contributed by atoms with van der Waals surface area (Å²) >= 11 is 0. The SMILES string of the molecule is Cc1ccccc1C1CNc2cocc2O1. The Morgan fingerprint density at radius 2 is 2.12 bits per heavy atom. The van der Waals surface area contributed by atoms with Gasteiger partial charge in [-0.25, -0.2) is 0 Å². The molecule has 0 amide bonds. The summed E-state index contributed by atoms with van der Waals surface area (Å²) in [6, 6.07) is 8.28. The van der Waals surface area contributed by atoms with Gasteiger partial charge in [-0.15, -0.1) is 0 Å². The lowest BCUT2D eigenvalue weighted by Crippen LogP contribution is -2.23. The molecule has 82 valence electrons. The van der Waals surface area contributed by atoms with Crippen molar-refractivity contribution in [3.8, 4) is 5.75 Å². The molecule has 0 saturated carbocycles. The molecule has 16 heavy (non-hydrogen) atoms. The zero-order valence-corrected chi connectivity index (χ0v) is 9.07. The molecule has 0 radical (unpaired) electrons. The number of anilines is 1. The molecule has 1 aromatic carbocycles. The second-order valence-corrected chi connectivity index (χ2v) is 3.99. The highest BCUT2D eigenvalue weighted by Crippen LogP contribution is 2.35. The van der Waals surface area contributed by atoms with Crippen molar-refractivity contribution in [1.82, 2.24) is 0 Å². The largest absolute Gasteiger partial charge is 0.478 e. The van der Waals surface area contributed by atoms with Crippen molar-refractivity contribution in [3.63, 3.8) is 0 Å². The van der Waals surface area contributed by atoms with Crippen LogP contribution >= 0.6 is 0 Å². The van der Waals surface area contributed by atoms with Gasteiger partial charge in [0.05, 0.1) is 6.54 Å². The van der Waals surface area contributed by atoms with Gasteiger partial charge in [0.25, 0.3) is 0 Å². The van der Waals surface area contributed by atoms with Gasteiger partial charge in [0.15, 0.2) is 5.75 Å². The zero-order valence-electron chi connectivity index (χ0n) is 9.07. The van der Waals surface area contributed by atoms with Crippen molar-refractivity contribution in [2.24, 2.45) is 0 Å². The lowest BCUT2D eigenvalue weighted by atomic mass is 10.0. The monoisotopic (exact) mass is 215 g/mol. The van der Waals surface area contributed by atoms with E-state index in [-0.39, 0.29) is 6.10 Å². The number of furan rings is 1. The second-order valence-electron chi connectivity index (χ2n) is 3.99. The first-order valence-electron chi connectivity index (χ1n) is 5.37. The van der Waals surface area contributed by atoms with Crippen LogP contribution in [0.1, 0.15) is 17.2 Å². The predicted octanol–water partition coefficient (Wildman–Crippen LogP) is 3.13. The van der Waals surface area contributed by atoms with E-state index in [1.807, 2.05) is 12.1 Å². The van der Waals surface area contributed by atoms with Crippen molar-refractivity contribution in [3.05, 3.63) is 47.9 Å². The van der Waals surface area contributed by atoms with Crippen LogP contribution in [0.15, 0.2) is 41.2 Å². The Morgan fingerprint density at radius 3 is 3.00 bits per heavy atom. The molecule has 0 bridgehead atoms. The first kappa shape index (κ1) is 9.33. The van der Waals surface area contributed by atoms with E-state index in [2.05, 4.69) is 24.4 Å². The van der Waals surface area contributed by atoms with Crippen LogP contribution in [0.4, 0.5) is 5.69 Å². The van der Waals surface area contributed by atoms with Crippen LogP contribution in [0.2, 0.25) is 0 Å². The minimum atomic E-state index is 0.0614. The van der Waals surface area contributed by atoms with Gasteiger partial charge in [-0.2, -0.15) is 0 Å². The Morgan fingerprint density at radius 1 is 1.25 bits per heavy atom. The Bertz CT molecular complexity index is 504. The molecule has 0 fully saturated rings. The van der Waals surface area contributed by atoms with Crippen molar-refractivity contribution in [1.29, 1.82) is 0 Å². The average Bonchev–Trinajstić information content (AvgIpc) is 2.76.